The predicted octanol–water partition coefficient (Wildman–Crippen LogP) is 0.461. The molecule has 2 rings (SSSR count). The van der Waals surface area contributed by atoms with Gasteiger partial charge < -0.3 is 11.1 Å². The summed E-state index contributed by atoms with van der Waals surface area (Å²) < 4.78 is 1.55. The van der Waals surface area contributed by atoms with Crippen LogP contribution in [0, 0.1) is 0 Å². The molecule has 1 amide bonds. The standard InChI is InChI=1S/C9H12N6O/c1-2-15-8(7(10)5-13-15)9(16)14-6-3-11-12-4-6/h3-5H,2,10H2,1H3,(H,11,12)(H,14,16). The molecule has 0 saturated heterocycles. The summed E-state index contributed by atoms with van der Waals surface area (Å²) in [6.07, 6.45) is 4.56. The van der Waals surface area contributed by atoms with E-state index in [4.69, 9.17) is 5.73 Å². The van der Waals surface area contributed by atoms with Crippen molar-refractivity contribution in [2.75, 3.05) is 11.1 Å². The van der Waals surface area contributed by atoms with E-state index in [1.165, 1.54) is 12.4 Å². The molecule has 0 bridgehead atoms. The zero-order valence-electron chi connectivity index (χ0n) is 8.77. The van der Waals surface area contributed by atoms with Crippen molar-refractivity contribution in [2.24, 2.45) is 0 Å². The number of amides is 1. The van der Waals surface area contributed by atoms with Gasteiger partial charge in [0.25, 0.3) is 5.91 Å². The Bertz CT molecular complexity index is 486. The van der Waals surface area contributed by atoms with E-state index in [1.54, 1.807) is 10.9 Å². The van der Waals surface area contributed by atoms with Crippen LogP contribution in [0.2, 0.25) is 0 Å². The molecule has 0 aliphatic carbocycles. The normalized spacial score (nSPS) is 10.3. The lowest BCUT2D eigenvalue weighted by molar-refractivity contribution is 0.101. The fourth-order valence-corrected chi connectivity index (χ4v) is 1.40. The SMILES string of the molecule is CCn1ncc(N)c1C(=O)Nc1cn[nH]c1. The first-order valence-electron chi connectivity index (χ1n) is 4.83. The highest BCUT2D eigenvalue weighted by Crippen LogP contribution is 2.13. The van der Waals surface area contributed by atoms with Gasteiger partial charge >= 0.3 is 0 Å². The molecule has 2 aromatic heterocycles. The number of hydrogen-bond acceptors (Lipinski definition) is 4. The van der Waals surface area contributed by atoms with Crippen molar-refractivity contribution in [3.8, 4) is 0 Å². The minimum Gasteiger partial charge on any atom is -0.396 e. The van der Waals surface area contributed by atoms with Crippen LogP contribution in [0.15, 0.2) is 18.6 Å². The third kappa shape index (κ3) is 1.74. The summed E-state index contributed by atoms with van der Waals surface area (Å²) >= 11 is 0. The van der Waals surface area contributed by atoms with Crippen LogP contribution >= 0.6 is 0 Å². The van der Waals surface area contributed by atoms with Gasteiger partial charge in [0.15, 0.2) is 0 Å². The zero-order chi connectivity index (χ0) is 11.5. The van der Waals surface area contributed by atoms with Crippen LogP contribution in [0.5, 0.6) is 0 Å². The van der Waals surface area contributed by atoms with Crippen molar-refractivity contribution < 1.29 is 4.79 Å². The first-order valence-corrected chi connectivity index (χ1v) is 4.83. The summed E-state index contributed by atoms with van der Waals surface area (Å²) in [5, 5.41) is 13.0. The number of aryl methyl sites for hydroxylation is 1. The molecular weight excluding hydrogens is 208 g/mol. The molecule has 0 aliphatic rings. The van der Waals surface area contributed by atoms with Crippen LogP contribution in [-0.4, -0.2) is 25.9 Å². The van der Waals surface area contributed by atoms with E-state index in [0.717, 1.165) is 0 Å². The molecule has 0 spiro atoms. The first-order chi connectivity index (χ1) is 7.72. The number of nitrogens with two attached hydrogens (primary N) is 1. The van der Waals surface area contributed by atoms with Gasteiger partial charge in [-0.25, -0.2) is 0 Å². The lowest BCUT2D eigenvalue weighted by atomic mass is 10.3. The molecule has 0 fully saturated rings. The molecule has 0 aliphatic heterocycles. The zero-order valence-corrected chi connectivity index (χ0v) is 8.77. The molecular formula is C9H12N6O. The monoisotopic (exact) mass is 220 g/mol. The Kier molecular flexibility index (Phi) is 2.59. The molecule has 0 unspecified atom stereocenters. The van der Waals surface area contributed by atoms with Crippen LogP contribution in [-0.2, 0) is 6.54 Å². The average Bonchev–Trinajstić information content (AvgIpc) is 2.87. The lowest BCUT2D eigenvalue weighted by Crippen LogP contribution is -2.18. The fraction of sp³-hybridized carbons (Fsp3) is 0.222. The van der Waals surface area contributed by atoms with Crippen LogP contribution < -0.4 is 11.1 Å². The summed E-state index contributed by atoms with van der Waals surface area (Å²) in [4.78, 5) is 11.9. The van der Waals surface area contributed by atoms with E-state index in [1.807, 2.05) is 6.92 Å². The van der Waals surface area contributed by atoms with Gasteiger partial charge in [0.2, 0.25) is 0 Å². The van der Waals surface area contributed by atoms with Crippen LogP contribution in [0.4, 0.5) is 11.4 Å². The Labute approximate surface area is 91.6 Å². The molecule has 2 aromatic rings. The number of anilines is 2. The summed E-state index contributed by atoms with van der Waals surface area (Å²) in [5.41, 5.74) is 7.00. The molecule has 0 atom stereocenters. The van der Waals surface area contributed by atoms with Crippen molar-refractivity contribution in [3.05, 3.63) is 24.3 Å². The quantitative estimate of drug-likeness (QED) is 0.699. The Balaban J connectivity index is 2.23. The first kappa shape index (κ1) is 10.2. The molecule has 0 saturated carbocycles. The maximum atomic E-state index is 11.9. The number of aromatic amines is 1. The molecule has 2 heterocycles. The average molecular weight is 220 g/mol. The highest BCUT2D eigenvalue weighted by atomic mass is 16.2. The summed E-state index contributed by atoms with van der Waals surface area (Å²) in [6, 6.07) is 0. The maximum Gasteiger partial charge on any atom is 0.276 e. The molecule has 7 nitrogen and oxygen atoms in total. The number of H-pyrrole nitrogens is 1. The lowest BCUT2D eigenvalue weighted by Gasteiger charge is -2.05. The van der Waals surface area contributed by atoms with Gasteiger partial charge in [-0.3, -0.25) is 14.6 Å². The number of nitrogen functional groups attached to an aromatic ring is 1. The van der Waals surface area contributed by atoms with E-state index in [9.17, 15) is 4.79 Å². The molecule has 0 aromatic carbocycles. The Morgan fingerprint density at radius 3 is 3.06 bits per heavy atom. The maximum absolute atomic E-state index is 11.9. The highest BCUT2D eigenvalue weighted by molar-refractivity contribution is 6.06. The van der Waals surface area contributed by atoms with Crippen LogP contribution in [0.1, 0.15) is 17.4 Å². The highest BCUT2D eigenvalue weighted by Gasteiger charge is 2.16. The third-order valence-electron chi connectivity index (χ3n) is 2.14. The van der Waals surface area contributed by atoms with Crippen molar-refractivity contribution in [1.29, 1.82) is 0 Å². The number of carbonyl (C=O) groups is 1. The van der Waals surface area contributed by atoms with Gasteiger partial charge in [0.05, 0.1) is 23.8 Å². The van der Waals surface area contributed by atoms with E-state index in [2.05, 4.69) is 20.6 Å². The number of carbonyl (C=O) groups excluding carboxylic acids is 1. The minimum absolute atomic E-state index is 0.293. The second kappa shape index (κ2) is 4.05. The van der Waals surface area contributed by atoms with Crippen molar-refractivity contribution in [1.82, 2.24) is 20.0 Å². The van der Waals surface area contributed by atoms with Gasteiger partial charge in [0.1, 0.15) is 5.69 Å². The summed E-state index contributed by atoms with van der Waals surface area (Å²) in [7, 11) is 0. The van der Waals surface area contributed by atoms with Crippen molar-refractivity contribution in [2.45, 2.75) is 13.5 Å². The second-order valence-electron chi connectivity index (χ2n) is 3.21. The fourth-order valence-electron chi connectivity index (χ4n) is 1.40. The van der Waals surface area contributed by atoms with Crippen molar-refractivity contribution >= 4 is 17.3 Å². The Morgan fingerprint density at radius 2 is 2.44 bits per heavy atom. The molecule has 4 N–H and O–H groups in total. The Morgan fingerprint density at radius 1 is 1.62 bits per heavy atom. The number of nitrogens with zero attached hydrogens (tertiary/aromatic N) is 3. The number of hydrogen-bond donors (Lipinski definition) is 3. The largest absolute Gasteiger partial charge is 0.396 e. The van der Waals surface area contributed by atoms with Gasteiger partial charge in [-0.2, -0.15) is 10.2 Å². The predicted molar refractivity (Wildman–Crippen MR) is 58.9 cm³/mol. The summed E-state index contributed by atoms with van der Waals surface area (Å²) in [5.74, 6) is -0.293. The topological polar surface area (TPSA) is 102 Å². The number of aromatic nitrogens is 4. The van der Waals surface area contributed by atoms with E-state index in [0.29, 0.717) is 23.6 Å². The second-order valence-corrected chi connectivity index (χ2v) is 3.21. The van der Waals surface area contributed by atoms with Crippen molar-refractivity contribution in [3.63, 3.8) is 0 Å². The molecule has 7 heteroatoms. The van der Waals surface area contributed by atoms with Crippen LogP contribution in [0.25, 0.3) is 0 Å². The number of rotatable bonds is 3. The van der Waals surface area contributed by atoms with Gasteiger partial charge in [-0.05, 0) is 6.92 Å². The minimum atomic E-state index is -0.293. The van der Waals surface area contributed by atoms with Crippen LogP contribution in [0.3, 0.4) is 0 Å². The Hall–Kier alpha value is -2.31. The molecule has 84 valence electrons. The van der Waals surface area contributed by atoms with E-state index < -0.39 is 0 Å². The van der Waals surface area contributed by atoms with Gasteiger partial charge in [0, 0.05) is 12.7 Å². The summed E-state index contributed by atoms with van der Waals surface area (Å²) in [6.45, 7) is 2.48. The smallest absolute Gasteiger partial charge is 0.276 e. The molecule has 16 heavy (non-hydrogen) atoms. The number of nitrogens with one attached hydrogen (secondary N) is 2. The van der Waals surface area contributed by atoms with E-state index in [-0.39, 0.29) is 5.91 Å². The third-order valence-corrected chi connectivity index (χ3v) is 2.14. The molecule has 0 radical (unpaired) electrons. The van der Waals surface area contributed by atoms with Gasteiger partial charge in [-0.1, -0.05) is 0 Å². The van der Waals surface area contributed by atoms with E-state index >= 15 is 0 Å². The van der Waals surface area contributed by atoms with Gasteiger partial charge in [-0.15, -0.1) is 0 Å².